The summed E-state index contributed by atoms with van der Waals surface area (Å²) in [5.41, 5.74) is 9.18. The number of rotatable bonds is 3. The van der Waals surface area contributed by atoms with Gasteiger partial charge in [0, 0.05) is 18.7 Å². The fourth-order valence-corrected chi connectivity index (χ4v) is 2.33. The molecule has 0 aliphatic rings. The summed E-state index contributed by atoms with van der Waals surface area (Å²) >= 11 is 0. The van der Waals surface area contributed by atoms with Gasteiger partial charge in [-0.2, -0.15) is 0 Å². The lowest BCUT2D eigenvalue weighted by molar-refractivity contribution is 0.185. The quantitative estimate of drug-likeness (QED) is 0.797. The number of hydrogen-bond acceptors (Lipinski definition) is 3. The molecule has 0 saturated heterocycles. The smallest absolute Gasteiger partial charge is 0.205 e. The molecule has 2 N–H and O–H groups in total. The number of fused-ring (bicyclic) bond motifs is 1. The third kappa shape index (κ3) is 2.02. The second-order valence-electron chi connectivity index (χ2n) is 4.50. The Labute approximate surface area is 115 Å². The van der Waals surface area contributed by atoms with Gasteiger partial charge in [0.25, 0.3) is 0 Å². The van der Waals surface area contributed by atoms with Crippen molar-refractivity contribution in [3.8, 4) is 5.69 Å². The molecule has 0 unspecified atom stereocenters. The molecular weight excluding hydrogens is 257 g/mol. The van der Waals surface area contributed by atoms with Crippen molar-refractivity contribution >= 4 is 17.0 Å². The molecule has 20 heavy (non-hydrogen) atoms. The van der Waals surface area contributed by atoms with E-state index in [-0.39, 0.29) is 5.82 Å². The van der Waals surface area contributed by atoms with Crippen LogP contribution in [0, 0.1) is 5.82 Å². The number of imidazole rings is 1. The predicted molar refractivity (Wildman–Crippen MR) is 76.2 cm³/mol. The number of nitrogens with two attached hydrogens (primary N) is 1. The number of anilines is 1. The van der Waals surface area contributed by atoms with Crippen LogP contribution in [-0.4, -0.2) is 16.7 Å². The molecular formula is C15H14FN3O. The minimum atomic E-state index is -0.327. The maximum atomic E-state index is 13.3. The molecule has 0 radical (unpaired) electrons. The number of hydrogen-bond donors (Lipinski definition) is 1. The van der Waals surface area contributed by atoms with Gasteiger partial charge in [-0.3, -0.25) is 4.57 Å². The van der Waals surface area contributed by atoms with E-state index in [0.29, 0.717) is 18.1 Å². The van der Waals surface area contributed by atoms with Gasteiger partial charge in [-0.25, -0.2) is 9.37 Å². The summed E-state index contributed by atoms with van der Waals surface area (Å²) in [6, 6.07) is 12.2. The van der Waals surface area contributed by atoms with E-state index >= 15 is 0 Å². The van der Waals surface area contributed by atoms with E-state index in [9.17, 15) is 4.39 Å². The van der Waals surface area contributed by atoms with Crippen LogP contribution in [-0.2, 0) is 11.3 Å². The zero-order valence-electron chi connectivity index (χ0n) is 11.0. The topological polar surface area (TPSA) is 53.1 Å². The van der Waals surface area contributed by atoms with Crippen molar-refractivity contribution < 1.29 is 9.13 Å². The van der Waals surface area contributed by atoms with E-state index in [2.05, 4.69) is 4.98 Å². The molecule has 0 spiro atoms. The van der Waals surface area contributed by atoms with Crippen molar-refractivity contribution in [3.63, 3.8) is 0 Å². The Morgan fingerprint density at radius 1 is 1.25 bits per heavy atom. The molecule has 0 amide bonds. The highest BCUT2D eigenvalue weighted by Crippen LogP contribution is 2.26. The molecule has 102 valence electrons. The van der Waals surface area contributed by atoms with Crippen molar-refractivity contribution in [1.82, 2.24) is 9.55 Å². The Bertz CT molecular complexity index is 767. The van der Waals surface area contributed by atoms with Crippen LogP contribution in [0.1, 0.15) is 5.56 Å². The van der Waals surface area contributed by atoms with Gasteiger partial charge in [0.1, 0.15) is 5.82 Å². The molecule has 3 rings (SSSR count). The van der Waals surface area contributed by atoms with Crippen molar-refractivity contribution in [2.24, 2.45) is 0 Å². The average molecular weight is 271 g/mol. The molecule has 1 heterocycles. The Morgan fingerprint density at radius 2 is 2.05 bits per heavy atom. The highest BCUT2D eigenvalue weighted by atomic mass is 19.1. The van der Waals surface area contributed by atoms with Crippen LogP contribution in [0.2, 0.25) is 0 Å². The number of nitrogens with zero attached hydrogens (tertiary/aromatic N) is 2. The van der Waals surface area contributed by atoms with Crippen LogP contribution >= 0.6 is 0 Å². The van der Waals surface area contributed by atoms with Gasteiger partial charge in [0.05, 0.1) is 23.3 Å². The predicted octanol–water partition coefficient (Wildman–Crippen LogP) is 2.89. The molecule has 3 aromatic rings. The van der Waals surface area contributed by atoms with Crippen LogP contribution in [0.3, 0.4) is 0 Å². The number of nitrogen functional groups attached to an aromatic ring is 1. The molecule has 4 nitrogen and oxygen atoms in total. The standard InChI is InChI=1S/C15H14FN3O/c1-20-9-10-4-2-3-5-13(10)19-14-7-6-11(16)8-12(14)18-15(19)17/h2-8H,9H2,1H3,(H2,17,18). The Balaban J connectivity index is 2.27. The SMILES string of the molecule is COCc1ccccc1-n1c(N)nc2cc(F)ccc21. The molecule has 0 aliphatic heterocycles. The summed E-state index contributed by atoms with van der Waals surface area (Å²) in [6.07, 6.45) is 0. The molecule has 0 bridgehead atoms. The van der Waals surface area contributed by atoms with E-state index in [4.69, 9.17) is 10.5 Å². The first-order chi connectivity index (χ1) is 9.70. The number of para-hydroxylation sites is 1. The van der Waals surface area contributed by atoms with E-state index in [1.54, 1.807) is 13.2 Å². The molecule has 0 fully saturated rings. The third-order valence-corrected chi connectivity index (χ3v) is 3.17. The Hall–Kier alpha value is -2.40. The average Bonchev–Trinajstić information content (AvgIpc) is 2.75. The lowest BCUT2D eigenvalue weighted by Crippen LogP contribution is -2.04. The summed E-state index contributed by atoms with van der Waals surface area (Å²) in [4.78, 5) is 4.21. The number of halogens is 1. The molecule has 1 aromatic heterocycles. The molecule has 5 heteroatoms. The monoisotopic (exact) mass is 271 g/mol. The second kappa shape index (κ2) is 4.94. The van der Waals surface area contributed by atoms with Crippen LogP contribution in [0.5, 0.6) is 0 Å². The van der Waals surface area contributed by atoms with Gasteiger partial charge < -0.3 is 10.5 Å². The fraction of sp³-hybridized carbons (Fsp3) is 0.133. The summed E-state index contributed by atoms with van der Waals surface area (Å²) in [5.74, 6) is 0.00137. The first kappa shape index (κ1) is 12.6. The Morgan fingerprint density at radius 3 is 2.85 bits per heavy atom. The van der Waals surface area contributed by atoms with Crippen molar-refractivity contribution in [3.05, 3.63) is 53.8 Å². The first-order valence-corrected chi connectivity index (χ1v) is 6.21. The van der Waals surface area contributed by atoms with Gasteiger partial charge in [-0.05, 0) is 18.2 Å². The molecule has 0 atom stereocenters. The maximum Gasteiger partial charge on any atom is 0.205 e. The van der Waals surface area contributed by atoms with Gasteiger partial charge in [0.2, 0.25) is 5.95 Å². The summed E-state index contributed by atoms with van der Waals surface area (Å²) < 4.78 is 20.3. The van der Waals surface area contributed by atoms with E-state index in [1.807, 2.05) is 28.8 Å². The molecule has 0 saturated carbocycles. The third-order valence-electron chi connectivity index (χ3n) is 3.17. The van der Waals surface area contributed by atoms with Crippen molar-refractivity contribution in [2.45, 2.75) is 6.61 Å². The molecule has 2 aromatic carbocycles. The van der Waals surface area contributed by atoms with Crippen molar-refractivity contribution in [1.29, 1.82) is 0 Å². The highest BCUT2D eigenvalue weighted by Gasteiger charge is 2.13. The summed E-state index contributed by atoms with van der Waals surface area (Å²) in [7, 11) is 1.64. The summed E-state index contributed by atoms with van der Waals surface area (Å²) in [5, 5.41) is 0. The first-order valence-electron chi connectivity index (χ1n) is 6.21. The summed E-state index contributed by atoms with van der Waals surface area (Å²) in [6.45, 7) is 0.469. The fourth-order valence-electron chi connectivity index (χ4n) is 2.33. The minimum Gasteiger partial charge on any atom is -0.380 e. The zero-order valence-corrected chi connectivity index (χ0v) is 11.0. The van der Waals surface area contributed by atoms with Gasteiger partial charge in [-0.15, -0.1) is 0 Å². The second-order valence-corrected chi connectivity index (χ2v) is 4.50. The number of aromatic nitrogens is 2. The number of ether oxygens (including phenoxy) is 1. The minimum absolute atomic E-state index is 0.327. The van der Waals surface area contributed by atoms with Crippen LogP contribution in [0.15, 0.2) is 42.5 Å². The van der Waals surface area contributed by atoms with Crippen LogP contribution in [0.4, 0.5) is 10.3 Å². The lowest BCUT2D eigenvalue weighted by Gasteiger charge is -2.12. The molecule has 0 aliphatic carbocycles. The van der Waals surface area contributed by atoms with Gasteiger partial charge >= 0.3 is 0 Å². The van der Waals surface area contributed by atoms with Crippen LogP contribution in [0.25, 0.3) is 16.7 Å². The highest BCUT2D eigenvalue weighted by molar-refractivity contribution is 5.81. The normalized spacial score (nSPS) is 11.1. The Kier molecular flexibility index (Phi) is 3.12. The van der Waals surface area contributed by atoms with E-state index in [0.717, 1.165) is 16.8 Å². The van der Waals surface area contributed by atoms with Crippen LogP contribution < -0.4 is 5.73 Å². The maximum absolute atomic E-state index is 13.3. The largest absolute Gasteiger partial charge is 0.380 e. The number of benzene rings is 2. The van der Waals surface area contributed by atoms with E-state index in [1.165, 1.54) is 12.1 Å². The van der Waals surface area contributed by atoms with Gasteiger partial charge in [-0.1, -0.05) is 18.2 Å². The van der Waals surface area contributed by atoms with Crippen molar-refractivity contribution in [2.75, 3.05) is 12.8 Å². The zero-order chi connectivity index (χ0) is 14.1. The van der Waals surface area contributed by atoms with E-state index < -0.39 is 0 Å². The number of methoxy groups -OCH3 is 1. The lowest BCUT2D eigenvalue weighted by atomic mass is 10.2. The van der Waals surface area contributed by atoms with Gasteiger partial charge in [0.15, 0.2) is 0 Å².